The number of hydrogen-bond donors (Lipinski definition) is 1. The number of hydrogen-bond acceptors (Lipinski definition) is 2. The van der Waals surface area contributed by atoms with Crippen molar-refractivity contribution in [1.82, 2.24) is 10.2 Å². The molecule has 1 aliphatic rings. The van der Waals surface area contributed by atoms with E-state index in [2.05, 4.69) is 31.3 Å². The quantitative estimate of drug-likeness (QED) is 0.926. The molecule has 1 amide bonds. The first-order valence-electron chi connectivity index (χ1n) is 7.28. The van der Waals surface area contributed by atoms with Gasteiger partial charge in [-0.2, -0.15) is 0 Å². The topological polar surface area (TPSA) is 32.3 Å². The van der Waals surface area contributed by atoms with Crippen molar-refractivity contribution in [3.8, 4) is 0 Å². The van der Waals surface area contributed by atoms with E-state index in [4.69, 9.17) is 0 Å². The van der Waals surface area contributed by atoms with Crippen molar-refractivity contribution in [2.45, 2.75) is 26.2 Å². The summed E-state index contributed by atoms with van der Waals surface area (Å²) < 4.78 is 0. The smallest absolute Gasteiger partial charge is 0.230 e. The van der Waals surface area contributed by atoms with Gasteiger partial charge in [-0.3, -0.25) is 4.79 Å². The van der Waals surface area contributed by atoms with Crippen molar-refractivity contribution in [2.24, 2.45) is 5.92 Å². The van der Waals surface area contributed by atoms with Gasteiger partial charge in [-0.05, 0) is 11.5 Å². The second-order valence-corrected chi connectivity index (χ2v) is 5.35. The number of nitrogens with one attached hydrogen (secondary N) is 1. The monoisotopic (exact) mass is 296 g/mol. The Hall–Kier alpha value is -1.06. The highest BCUT2D eigenvalue weighted by Crippen LogP contribution is 2.29. The third-order valence-electron chi connectivity index (χ3n) is 4.07. The maximum atomic E-state index is 12.8. The van der Waals surface area contributed by atoms with E-state index < -0.39 is 0 Å². The lowest BCUT2D eigenvalue weighted by molar-refractivity contribution is -0.134. The molecule has 1 saturated heterocycles. The molecule has 1 aromatic carbocycles. The molecule has 20 heavy (non-hydrogen) atoms. The summed E-state index contributed by atoms with van der Waals surface area (Å²) in [7, 11) is 0. The van der Waals surface area contributed by atoms with Gasteiger partial charge in [-0.25, -0.2) is 0 Å². The Bertz CT molecular complexity index is 404. The first-order valence-corrected chi connectivity index (χ1v) is 7.28. The Morgan fingerprint density at radius 1 is 1.25 bits per heavy atom. The van der Waals surface area contributed by atoms with Gasteiger partial charge in [0.15, 0.2) is 0 Å². The molecule has 0 radical (unpaired) electrons. The lowest BCUT2D eigenvalue weighted by Crippen LogP contribution is -2.48. The van der Waals surface area contributed by atoms with Gasteiger partial charge in [0.2, 0.25) is 5.91 Å². The SMILES string of the molecule is CCC(C)C(C(=O)N1CCNCC1)c1ccccc1.Cl. The normalized spacial score (nSPS) is 18.0. The van der Waals surface area contributed by atoms with Gasteiger partial charge in [0.1, 0.15) is 0 Å². The van der Waals surface area contributed by atoms with Crippen molar-refractivity contribution >= 4 is 18.3 Å². The van der Waals surface area contributed by atoms with E-state index in [1.54, 1.807) is 0 Å². The first kappa shape index (κ1) is 17.0. The molecule has 4 heteroatoms. The summed E-state index contributed by atoms with van der Waals surface area (Å²) >= 11 is 0. The molecule has 2 atom stereocenters. The molecule has 1 heterocycles. The Balaban J connectivity index is 0.00000200. The highest BCUT2D eigenvalue weighted by Gasteiger charge is 2.30. The van der Waals surface area contributed by atoms with Crippen molar-refractivity contribution in [2.75, 3.05) is 26.2 Å². The Labute approximate surface area is 128 Å². The zero-order valence-electron chi connectivity index (χ0n) is 12.3. The fourth-order valence-corrected chi connectivity index (χ4v) is 2.69. The van der Waals surface area contributed by atoms with E-state index in [1.165, 1.54) is 0 Å². The summed E-state index contributed by atoms with van der Waals surface area (Å²) in [6.45, 7) is 7.82. The van der Waals surface area contributed by atoms with Gasteiger partial charge in [0.05, 0.1) is 5.92 Å². The van der Waals surface area contributed by atoms with E-state index in [-0.39, 0.29) is 18.3 Å². The fraction of sp³-hybridized carbons (Fsp3) is 0.562. The molecule has 112 valence electrons. The number of carbonyl (C=O) groups excluding carboxylic acids is 1. The molecule has 0 saturated carbocycles. The molecule has 1 aliphatic heterocycles. The van der Waals surface area contributed by atoms with Gasteiger partial charge >= 0.3 is 0 Å². The molecule has 0 aromatic heterocycles. The molecule has 2 unspecified atom stereocenters. The number of nitrogens with zero attached hydrogens (tertiary/aromatic N) is 1. The second kappa shape index (κ2) is 8.28. The molecule has 0 bridgehead atoms. The summed E-state index contributed by atoms with van der Waals surface area (Å²) in [5.74, 6) is 0.677. The molecular formula is C16H25ClN2O. The number of halogens is 1. The highest BCUT2D eigenvalue weighted by molar-refractivity contribution is 5.85. The largest absolute Gasteiger partial charge is 0.340 e. The average Bonchev–Trinajstić information content (AvgIpc) is 2.49. The minimum absolute atomic E-state index is 0. The average molecular weight is 297 g/mol. The summed E-state index contributed by atoms with van der Waals surface area (Å²) in [6, 6.07) is 10.2. The summed E-state index contributed by atoms with van der Waals surface area (Å²) in [6.07, 6.45) is 1.03. The van der Waals surface area contributed by atoms with E-state index >= 15 is 0 Å². The van der Waals surface area contributed by atoms with Gasteiger partial charge in [-0.15, -0.1) is 12.4 Å². The van der Waals surface area contributed by atoms with Crippen molar-refractivity contribution in [3.05, 3.63) is 35.9 Å². The van der Waals surface area contributed by atoms with Crippen LogP contribution in [0.15, 0.2) is 30.3 Å². The van der Waals surface area contributed by atoms with Gasteiger partial charge in [0, 0.05) is 26.2 Å². The number of amides is 1. The summed E-state index contributed by atoms with van der Waals surface area (Å²) in [5.41, 5.74) is 1.15. The maximum absolute atomic E-state index is 12.8. The van der Waals surface area contributed by atoms with Gasteiger partial charge in [0.25, 0.3) is 0 Å². The highest BCUT2D eigenvalue weighted by atomic mass is 35.5. The molecule has 2 rings (SSSR count). The molecule has 1 aromatic rings. The van der Waals surface area contributed by atoms with Crippen LogP contribution < -0.4 is 5.32 Å². The fourth-order valence-electron chi connectivity index (χ4n) is 2.69. The van der Waals surface area contributed by atoms with Gasteiger partial charge < -0.3 is 10.2 Å². The van der Waals surface area contributed by atoms with Crippen molar-refractivity contribution in [1.29, 1.82) is 0 Å². The van der Waals surface area contributed by atoms with E-state index in [0.29, 0.717) is 11.8 Å². The van der Waals surface area contributed by atoms with E-state index in [1.807, 2.05) is 23.1 Å². The number of rotatable bonds is 4. The van der Waals surface area contributed by atoms with E-state index in [0.717, 1.165) is 38.2 Å². The Morgan fingerprint density at radius 3 is 2.40 bits per heavy atom. The van der Waals surface area contributed by atoms with Crippen LogP contribution in [-0.4, -0.2) is 37.0 Å². The molecule has 0 spiro atoms. The van der Waals surface area contributed by atoms with Crippen LogP contribution in [0.2, 0.25) is 0 Å². The predicted molar refractivity (Wildman–Crippen MR) is 85.3 cm³/mol. The molecule has 3 nitrogen and oxygen atoms in total. The van der Waals surface area contributed by atoms with Crippen LogP contribution in [0.5, 0.6) is 0 Å². The Kier molecular flexibility index (Phi) is 7.03. The number of piperazine rings is 1. The van der Waals surface area contributed by atoms with Crippen LogP contribution in [0, 0.1) is 5.92 Å². The molecule has 1 fully saturated rings. The zero-order chi connectivity index (χ0) is 13.7. The third-order valence-corrected chi connectivity index (χ3v) is 4.07. The summed E-state index contributed by atoms with van der Waals surface area (Å²) in [5, 5.41) is 3.30. The van der Waals surface area contributed by atoms with Crippen LogP contribution in [0.1, 0.15) is 31.7 Å². The lowest BCUT2D eigenvalue weighted by atomic mass is 9.84. The lowest BCUT2D eigenvalue weighted by Gasteiger charge is -2.33. The van der Waals surface area contributed by atoms with Gasteiger partial charge in [-0.1, -0.05) is 50.6 Å². The number of carbonyl (C=O) groups is 1. The maximum Gasteiger partial charge on any atom is 0.230 e. The summed E-state index contributed by atoms with van der Waals surface area (Å²) in [4.78, 5) is 14.8. The van der Waals surface area contributed by atoms with Crippen LogP contribution in [-0.2, 0) is 4.79 Å². The minimum Gasteiger partial charge on any atom is -0.340 e. The third kappa shape index (κ3) is 3.97. The van der Waals surface area contributed by atoms with Crippen LogP contribution >= 0.6 is 12.4 Å². The van der Waals surface area contributed by atoms with Crippen LogP contribution in [0.25, 0.3) is 0 Å². The number of benzene rings is 1. The van der Waals surface area contributed by atoms with Crippen LogP contribution in [0.4, 0.5) is 0 Å². The first-order chi connectivity index (χ1) is 9.24. The predicted octanol–water partition coefficient (Wildman–Crippen LogP) is 2.67. The molecular weight excluding hydrogens is 272 g/mol. The minimum atomic E-state index is 0. The Morgan fingerprint density at radius 2 is 1.85 bits per heavy atom. The van der Waals surface area contributed by atoms with Crippen molar-refractivity contribution in [3.63, 3.8) is 0 Å². The second-order valence-electron chi connectivity index (χ2n) is 5.35. The standard InChI is InChI=1S/C16H24N2O.ClH/c1-3-13(2)15(14-7-5-4-6-8-14)16(19)18-11-9-17-10-12-18;/h4-8,13,15,17H,3,9-12H2,1-2H3;1H. The van der Waals surface area contributed by atoms with Crippen LogP contribution in [0.3, 0.4) is 0 Å². The molecule has 1 N–H and O–H groups in total. The molecule has 0 aliphatic carbocycles. The van der Waals surface area contributed by atoms with E-state index in [9.17, 15) is 4.79 Å². The van der Waals surface area contributed by atoms with Crippen molar-refractivity contribution < 1.29 is 4.79 Å². The zero-order valence-corrected chi connectivity index (χ0v) is 13.2.